The smallest absolute Gasteiger partial charge is 0.260 e. The first-order chi connectivity index (χ1) is 12.0. The van der Waals surface area contributed by atoms with Gasteiger partial charge in [-0.2, -0.15) is 0 Å². The van der Waals surface area contributed by atoms with E-state index in [-0.39, 0.29) is 17.9 Å². The Balaban J connectivity index is 1.52. The SMILES string of the molecule is Cc1ccccc1OCC(=O)N1C[C@@H]2C[C@@]3(C)[C@H](CCCC[C@@H]13)N2C. The molecule has 0 unspecified atom stereocenters. The summed E-state index contributed by atoms with van der Waals surface area (Å²) in [5.41, 5.74) is 1.32. The quantitative estimate of drug-likeness (QED) is 0.845. The lowest BCUT2D eigenvalue weighted by Gasteiger charge is -2.46. The Morgan fingerprint density at radius 3 is 2.72 bits per heavy atom. The number of carbonyl (C=O) groups is 1. The largest absolute Gasteiger partial charge is 0.484 e. The highest BCUT2D eigenvalue weighted by molar-refractivity contribution is 5.78. The van der Waals surface area contributed by atoms with E-state index >= 15 is 0 Å². The predicted octanol–water partition coefficient (Wildman–Crippen LogP) is 3.24. The Kier molecular flexibility index (Phi) is 4.27. The van der Waals surface area contributed by atoms with Crippen molar-refractivity contribution < 1.29 is 9.53 Å². The number of likely N-dealkylation sites (N-methyl/N-ethyl adjacent to an activating group) is 1. The van der Waals surface area contributed by atoms with E-state index < -0.39 is 0 Å². The highest BCUT2D eigenvalue weighted by atomic mass is 16.5. The molecule has 0 N–H and O–H groups in total. The summed E-state index contributed by atoms with van der Waals surface area (Å²) in [4.78, 5) is 17.8. The van der Waals surface area contributed by atoms with Gasteiger partial charge in [-0.05, 0) is 44.9 Å². The number of nitrogens with zero attached hydrogens (tertiary/aromatic N) is 2. The van der Waals surface area contributed by atoms with Gasteiger partial charge in [-0.3, -0.25) is 9.69 Å². The van der Waals surface area contributed by atoms with Crippen LogP contribution in [0.15, 0.2) is 24.3 Å². The molecule has 0 radical (unpaired) electrons. The maximum Gasteiger partial charge on any atom is 0.260 e. The molecule has 2 saturated heterocycles. The molecule has 4 rings (SSSR count). The molecule has 1 aromatic rings. The van der Waals surface area contributed by atoms with Gasteiger partial charge in [0.15, 0.2) is 6.61 Å². The van der Waals surface area contributed by atoms with Crippen LogP contribution in [-0.4, -0.2) is 54.0 Å². The fourth-order valence-corrected chi connectivity index (χ4v) is 5.68. The van der Waals surface area contributed by atoms with Crippen LogP contribution in [0.4, 0.5) is 0 Å². The van der Waals surface area contributed by atoms with Gasteiger partial charge in [0.2, 0.25) is 0 Å². The number of para-hydroxylation sites is 1. The lowest BCUT2D eigenvalue weighted by Crippen LogP contribution is -2.56. The number of benzene rings is 1. The normalized spacial score (nSPS) is 34.7. The second kappa shape index (κ2) is 6.31. The minimum atomic E-state index is 0.151. The molecule has 25 heavy (non-hydrogen) atoms. The van der Waals surface area contributed by atoms with Crippen LogP contribution in [0, 0.1) is 12.3 Å². The maximum absolute atomic E-state index is 13.0. The highest BCUT2D eigenvalue weighted by Gasteiger charge is 2.58. The zero-order valence-electron chi connectivity index (χ0n) is 15.7. The number of amides is 1. The third-order valence-electron chi connectivity index (χ3n) is 7.02. The summed E-state index contributed by atoms with van der Waals surface area (Å²) >= 11 is 0. The van der Waals surface area contributed by atoms with Gasteiger partial charge >= 0.3 is 0 Å². The number of aryl methyl sites for hydroxylation is 1. The summed E-state index contributed by atoms with van der Waals surface area (Å²) in [6, 6.07) is 9.42. The first-order valence-electron chi connectivity index (χ1n) is 9.70. The van der Waals surface area contributed by atoms with Gasteiger partial charge in [0.25, 0.3) is 5.91 Å². The van der Waals surface area contributed by atoms with Crippen LogP contribution in [0.2, 0.25) is 0 Å². The molecule has 0 spiro atoms. The Morgan fingerprint density at radius 2 is 1.96 bits per heavy atom. The molecule has 2 bridgehead atoms. The number of piperidine rings is 1. The topological polar surface area (TPSA) is 32.8 Å². The summed E-state index contributed by atoms with van der Waals surface area (Å²) in [5, 5.41) is 0. The van der Waals surface area contributed by atoms with Crippen molar-refractivity contribution in [1.29, 1.82) is 0 Å². The summed E-state index contributed by atoms with van der Waals surface area (Å²) < 4.78 is 5.87. The summed E-state index contributed by atoms with van der Waals surface area (Å²) in [7, 11) is 2.26. The van der Waals surface area contributed by atoms with E-state index in [0.717, 1.165) is 24.3 Å². The lowest BCUT2D eigenvalue weighted by atomic mass is 9.71. The van der Waals surface area contributed by atoms with Crippen LogP contribution in [0.5, 0.6) is 5.75 Å². The van der Waals surface area contributed by atoms with Gasteiger partial charge in [0.05, 0.1) is 0 Å². The molecule has 0 aromatic heterocycles. The second-order valence-corrected chi connectivity index (χ2v) is 8.45. The third kappa shape index (κ3) is 2.75. The minimum absolute atomic E-state index is 0.151. The summed E-state index contributed by atoms with van der Waals surface area (Å²) in [5.74, 6) is 0.970. The molecule has 4 heteroatoms. The van der Waals surface area contributed by atoms with E-state index in [4.69, 9.17) is 4.74 Å². The van der Waals surface area contributed by atoms with Crippen molar-refractivity contribution in [1.82, 2.24) is 9.80 Å². The number of rotatable bonds is 3. The average Bonchev–Trinajstić information content (AvgIpc) is 2.72. The maximum atomic E-state index is 13.0. The molecule has 2 heterocycles. The molecule has 1 aromatic carbocycles. The van der Waals surface area contributed by atoms with Crippen LogP contribution in [0.3, 0.4) is 0 Å². The van der Waals surface area contributed by atoms with Crippen molar-refractivity contribution in [3.05, 3.63) is 29.8 Å². The van der Waals surface area contributed by atoms with Crippen molar-refractivity contribution in [2.75, 3.05) is 20.2 Å². The van der Waals surface area contributed by atoms with Crippen molar-refractivity contribution in [3.8, 4) is 5.75 Å². The molecular weight excluding hydrogens is 312 g/mol. The number of ether oxygens (including phenoxy) is 1. The highest BCUT2D eigenvalue weighted by Crippen LogP contribution is 2.52. The standard InChI is InChI=1S/C21H30N2O2/c1-15-8-4-5-9-17(15)25-14-20(24)23-13-16-12-21(2)18(22(16)3)10-6-7-11-19(21)23/h4-5,8-9,16,18-19H,6-7,10-14H2,1-3H3/t16-,18-,19+,21-/m0/s1. The van der Waals surface area contributed by atoms with Gasteiger partial charge < -0.3 is 9.64 Å². The van der Waals surface area contributed by atoms with Crippen LogP contribution < -0.4 is 4.74 Å². The van der Waals surface area contributed by atoms with Crippen LogP contribution in [-0.2, 0) is 4.79 Å². The van der Waals surface area contributed by atoms with Crippen molar-refractivity contribution >= 4 is 5.91 Å². The van der Waals surface area contributed by atoms with Gasteiger partial charge in [0.1, 0.15) is 5.75 Å². The van der Waals surface area contributed by atoms with E-state index in [1.165, 1.54) is 25.7 Å². The molecule has 3 aliphatic rings. The zero-order chi connectivity index (χ0) is 17.6. The Bertz CT molecular complexity index is 661. The number of carbonyl (C=O) groups excluding carboxylic acids is 1. The first-order valence-corrected chi connectivity index (χ1v) is 9.70. The van der Waals surface area contributed by atoms with E-state index in [9.17, 15) is 4.79 Å². The van der Waals surface area contributed by atoms with Crippen molar-refractivity contribution in [3.63, 3.8) is 0 Å². The Labute approximate surface area is 151 Å². The number of likely N-dealkylation sites (tertiary alicyclic amines) is 2. The lowest BCUT2D eigenvalue weighted by molar-refractivity contribution is -0.141. The van der Waals surface area contributed by atoms with E-state index in [2.05, 4.69) is 23.8 Å². The zero-order valence-corrected chi connectivity index (χ0v) is 15.7. The molecular formula is C21H30N2O2. The van der Waals surface area contributed by atoms with Gasteiger partial charge in [-0.25, -0.2) is 0 Å². The van der Waals surface area contributed by atoms with Crippen LogP contribution in [0.25, 0.3) is 0 Å². The van der Waals surface area contributed by atoms with E-state index in [1.807, 2.05) is 31.2 Å². The molecule has 4 nitrogen and oxygen atoms in total. The van der Waals surface area contributed by atoms with Gasteiger partial charge in [-0.15, -0.1) is 0 Å². The molecule has 2 aliphatic heterocycles. The van der Waals surface area contributed by atoms with Gasteiger partial charge in [-0.1, -0.05) is 38.0 Å². The minimum Gasteiger partial charge on any atom is -0.484 e. The van der Waals surface area contributed by atoms with Crippen LogP contribution >= 0.6 is 0 Å². The molecule has 1 amide bonds. The second-order valence-electron chi connectivity index (χ2n) is 8.45. The molecule has 3 fully saturated rings. The molecule has 1 aliphatic carbocycles. The van der Waals surface area contributed by atoms with Gasteiger partial charge in [0, 0.05) is 30.1 Å². The molecule has 4 atom stereocenters. The Hall–Kier alpha value is -1.55. The Morgan fingerprint density at radius 1 is 1.24 bits per heavy atom. The average molecular weight is 342 g/mol. The predicted molar refractivity (Wildman–Crippen MR) is 98.7 cm³/mol. The third-order valence-corrected chi connectivity index (χ3v) is 7.02. The first kappa shape index (κ1) is 16.9. The van der Waals surface area contributed by atoms with E-state index in [1.54, 1.807) is 0 Å². The number of hydrogen-bond donors (Lipinski definition) is 0. The van der Waals surface area contributed by atoms with Crippen LogP contribution in [0.1, 0.15) is 44.6 Å². The van der Waals surface area contributed by atoms with E-state index in [0.29, 0.717) is 18.1 Å². The fourth-order valence-electron chi connectivity index (χ4n) is 5.68. The fraction of sp³-hybridized carbons (Fsp3) is 0.667. The van der Waals surface area contributed by atoms with Crippen molar-refractivity contribution in [2.24, 2.45) is 5.41 Å². The van der Waals surface area contributed by atoms with Crippen molar-refractivity contribution in [2.45, 2.75) is 64.1 Å². The molecule has 136 valence electrons. The molecule has 1 saturated carbocycles. The summed E-state index contributed by atoms with van der Waals surface area (Å²) in [6.45, 7) is 5.46. The summed E-state index contributed by atoms with van der Waals surface area (Å²) in [6.07, 6.45) is 6.18. The number of hydrogen-bond acceptors (Lipinski definition) is 3. The number of fused-ring (bicyclic) bond motifs is 1. The monoisotopic (exact) mass is 342 g/mol.